The fourth-order valence-electron chi connectivity index (χ4n) is 3.57. The van der Waals surface area contributed by atoms with Gasteiger partial charge in [-0.3, -0.25) is 4.99 Å². The fourth-order valence-corrected chi connectivity index (χ4v) is 4.27. The number of hydrogen-bond acceptors (Lipinski definition) is 3. The average molecular weight is 366 g/mol. The van der Waals surface area contributed by atoms with Crippen molar-refractivity contribution in [1.29, 1.82) is 0 Å². The van der Waals surface area contributed by atoms with Crippen molar-refractivity contribution < 1.29 is 8.42 Å². The van der Waals surface area contributed by atoms with Crippen LogP contribution in [0.25, 0.3) is 0 Å². The smallest absolute Gasteiger partial charge is 0.193 e. The van der Waals surface area contributed by atoms with Crippen LogP contribution in [0.5, 0.6) is 0 Å². The summed E-state index contributed by atoms with van der Waals surface area (Å²) in [6.07, 6.45) is 2.22. The molecule has 0 saturated carbocycles. The van der Waals surface area contributed by atoms with Gasteiger partial charge in [-0.25, -0.2) is 8.42 Å². The summed E-state index contributed by atoms with van der Waals surface area (Å²) < 4.78 is 23.3. The van der Waals surface area contributed by atoms with E-state index in [-0.39, 0.29) is 11.5 Å². The molecule has 0 radical (unpaired) electrons. The van der Waals surface area contributed by atoms with E-state index in [0.717, 1.165) is 31.9 Å². The zero-order valence-electron chi connectivity index (χ0n) is 15.6. The van der Waals surface area contributed by atoms with E-state index in [1.165, 1.54) is 5.56 Å². The third-order valence-corrected chi connectivity index (χ3v) is 6.84. The summed E-state index contributed by atoms with van der Waals surface area (Å²) in [5.41, 5.74) is 1.42. The summed E-state index contributed by atoms with van der Waals surface area (Å²) in [7, 11) is -1.19. The molecule has 1 saturated heterocycles. The first-order valence-electron chi connectivity index (χ1n) is 9.21. The van der Waals surface area contributed by atoms with E-state index in [1.807, 2.05) is 0 Å². The highest BCUT2D eigenvalue weighted by Gasteiger charge is 2.30. The first-order chi connectivity index (χ1) is 12.0. The van der Waals surface area contributed by atoms with Crippen molar-refractivity contribution in [3.05, 3.63) is 35.9 Å². The van der Waals surface area contributed by atoms with E-state index in [4.69, 9.17) is 0 Å². The maximum absolute atomic E-state index is 11.7. The van der Waals surface area contributed by atoms with E-state index in [1.54, 1.807) is 14.0 Å². The molecule has 1 heterocycles. The van der Waals surface area contributed by atoms with Gasteiger partial charge in [-0.15, -0.1) is 0 Å². The van der Waals surface area contributed by atoms with Crippen LogP contribution in [0.15, 0.2) is 35.3 Å². The molecule has 0 aromatic heterocycles. The molecule has 0 bridgehead atoms. The van der Waals surface area contributed by atoms with Gasteiger partial charge in [-0.2, -0.15) is 0 Å². The Hall–Kier alpha value is -1.56. The molecule has 0 amide bonds. The zero-order chi connectivity index (χ0) is 18.3. The number of aliphatic imine (C=N–C) groups is 1. The number of nitrogens with one attached hydrogen (secondary N) is 1. The molecule has 1 aromatic rings. The highest BCUT2D eigenvalue weighted by atomic mass is 32.2. The number of guanidine groups is 1. The molecule has 1 aliphatic heterocycles. The number of likely N-dealkylation sites (tertiary alicyclic amines) is 1. The lowest BCUT2D eigenvalue weighted by Crippen LogP contribution is -2.49. The van der Waals surface area contributed by atoms with Crippen LogP contribution in [0.1, 0.15) is 38.2 Å². The molecule has 5 nitrogen and oxygen atoms in total. The van der Waals surface area contributed by atoms with Crippen molar-refractivity contribution in [3.8, 4) is 0 Å². The SMILES string of the molecule is CCC1CN(C(=NC)NCCS(=O)(=O)CC)CCC1c1ccccc1. The van der Waals surface area contributed by atoms with Crippen LogP contribution in [-0.4, -0.2) is 57.5 Å². The molecule has 25 heavy (non-hydrogen) atoms. The Bertz CT molecular complexity index is 659. The minimum Gasteiger partial charge on any atom is -0.355 e. The van der Waals surface area contributed by atoms with E-state index in [2.05, 4.69) is 52.5 Å². The Labute approximate surface area is 152 Å². The summed E-state index contributed by atoms with van der Waals surface area (Å²) in [4.78, 5) is 6.63. The molecule has 6 heteroatoms. The molecule has 140 valence electrons. The van der Waals surface area contributed by atoms with Crippen LogP contribution >= 0.6 is 0 Å². The third-order valence-electron chi connectivity index (χ3n) is 5.13. The van der Waals surface area contributed by atoms with Gasteiger partial charge >= 0.3 is 0 Å². The monoisotopic (exact) mass is 365 g/mol. The second-order valence-corrected chi connectivity index (χ2v) is 9.10. The minimum atomic E-state index is -2.95. The molecule has 1 aromatic carbocycles. The predicted molar refractivity (Wildman–Crippen MR) is 105 cm³/mol. The lowest BCUT2D eigenvalue weighted by Gasteiger charge is -2.40. The average Bonchev–Trinajstić information content (AvgIpc) is 2.65. The van der Waals surface area contributed by atoms with Gasteiger partial charge in [-0.05, 0) is 23.8 Å². The van der Waals surface area contributed by atoms with Gasteiger partial charge in [-0.1, -0.05) is 50.6 Å². The topological polar surface area (TPSA) is 61.8 Å². The Kier molecular flexibility index (Phi) is 7.29. The summed E-state index contributed by atoms with van der Waals surface area (Å²) >= 11 is 0. The number of rotatable bonds is 6. The minimum absolute atomic E-state index is 0.153. The zero-order valence-corrected chi connectivity index (χ0v) is 16.4. The Morgan fingerprint density at radius 1 is 1.28 bits per heavy atom. The predicted octanol–water partition coefficient (Wildman–Crippen LogP) is 2.51. The van der Waals surface area contributed by atoms with Crippen molar-refractivity contribution in [3.63, 3.8) is 0 Å². The van der Waals surface area contributed by atoms with E-state index in [9.17, 15) is 8.42 Å². The molecule has 2 rings (SSSR count). The number of benzene rings is 1. The van der Waals surface area contributed by atoms with Crippen LogP contribution in [0.2, 0.25) is 0 Å². The van der Waals surface area contributed by atoms with Gasteiger partial charge in [0.2, 0.25) is 0 Å². The van der Waals surface area contributed by atoms with E-state index < -0.39 is 9.84 Å². The summed E-state index contributed by atoms with van der Waals surface area (Å²) in [6.45, 7) is 6.24. The second kappa shape index (κ2) is 9.22. The maximum Gasteiger partial charge on any atom is 0.193 e. The second-order valence-electron chi connectivity index (χ2n) is 6.63. The highest BCUT2D eigenvalue weighted by molar-refractivity contribution is 7.91. The van der Waals surface area contributed by atoms with Gasteiger partial charge in [0, 0.05) is 32.4 Å². The van der Waals surface area contributed by atoms with Crippen LogP contribution in [0, 0.1) is 5.92 Å². The standard InChI is InChI=1S/C19H31N3O2S/c1-4-16-15-22(13-11-18(16)17-9-7-6-8-10-17)19(20-3)21-12-14-25(23,24)5-2/h6-10,16,18H,4-5,11-15H2,1-3H3,(H,20,21). The number of sulfone groups is 1. The van der Waals surface area contributed by atoms with Crippen LogP contribution in [-0.2, 0) is 9.84 Å². The number of piperidine rings is 1. The summed E-state index contributed by atoms with van der Waals surface area (Å²) in [5, 5.41) is 3.23. The molecule has 1 aliphatic rings. The van der Waals surface area contributed by atoms with Crippen molar-refractivity contribution in [1.82, 2.24) is 10.2 Å². The Morgan fingerprint density at radius 3 is 2.60 bits per heavy atom. The lowest BCUT2D eigenvalue weighted by atomic mass is 9.79. The van der Waals surface area contributed by atoms with Gasteiger partial charge < -0.3 is 10.2 Å². The maximum atomic E-state index is 11.7. The molecule has 1 fully saturated rings. The van der Waals surface area contributed by atoms with E-state index in [0.29, 0.717) is 18.4 Å². The van der Waals surface area contributed by atoms with Crippen LogP contribution < -0.4 is 5.32 Å². The fraction of sp³-hybridized carbons (Fsp3) is 0.632. The molecule has 2 atom stereocenters. The lowest BCUT2D eigenvalue weighted by molar-refractivity contribution is 0.216. The molecule has 2 unspecified atom stereocenters. The van der Waals surface area contributed by atoms with Gasteiger partial charge in [0.15, 0.2) is 15.8 Å². The van der Waals surface area contributed by atoms with Crippen LogP contribution in [0.3, 0.4) is 0 Å². The van der Waals surface area contributed by atoms with Crippen molar-refractivity contribution in [2.24, 2.45) is 10.9 Å². The molecule has 0 aliphatic carbocycles. The molecule has 0 spiro atoms. The van der Waals surface area contributed by atoms with Crippen molar-refractivity contribution in [2.45, 2.75) is 32.6 Å². The number of nitrogens with zero attached hydrogens (tertiary/aromatic N) is 2. The molecule has 1 N–H and O–H groups in total. The first-order valence-corrected chi connectivity index (χ1v) is 11.0. The highest BCUT2D eigenvalue weighted by Crippen LogP contribution is 2.34. The quantitative estimate of drug-likeness (QED) is 0.621. The summed E-state index contributed by atoms with van der Waals surface area (Å²) in [5.74, 6) is 2.32. The molecular formula is C19H31N3O2S. The first kappa shape index (κ1) is 19.8. The number of hydrogen-bond donors (Lipinski definition) is 1. The van der Waals surface area contributed by atoms with Crippen molar-refractivity contribution in [2.75, 3.05) is 38.2 Å². The van der Waals surface area contributed by atoms with Gasteiger partial charge in [0.05, 0.1) is 5.75 Å². The van der Waals surface area contributed by atoms with Crippen molar-refractivity contribution >= 4 is 15.8 Å². The Balaban J connectivity index is 1.97. The Morgan fingerprint density at radius 2 is 2.00 bits per heavy atom. The normalized spacial score (nSPS) is 22.0. The van der Waals surface area contributed by atoms with Gasteiger partial charge in [0.25, 0.3) is 0 Å². The largest absolute Gasteiger partial charge is 0.355 e. The van der Waals surface area contributed by atoms with E-state index >= 15 is 0 Å². The van der Waals surface area contributed by atoms with Crippen LogP contribution in [0.4, 0.5) is 0 Å². The summed E-state index contributed by atoms with van der Waals surface area (Å²) in [6, 6.07) is 10.7. The van der Waals surface area contributed by atoms with Gasteiger partial charge in [0.1, 0.15) is 0 Å². The molecular weight excluding hydrogens is 334 g/mol. The third kappa shape index (κ3) is 5.46.